The van der Waals surface area contributed by atoms with Gasteiger partial charge in [0.2, 0.25) is 0 Å². The van der Waals surface area contributed by atoms with Crippen LogP contribution in [-0.2, 0) is 4.74 Å². The van der Waals surface area contributed by atoms with Crippen LogP contribution in [0.4, 0.5) is 20.7 Å². The molecule has 2 aliphatic rings. The number of nitrogens with one attached hydrogen (secondary N) is 1. The van der Waals surface area contributed by atoms with E-state index in [0.717, 1.165) is 12.8 Å². The summed E-state index contributed by atoms with van der Waals surface area (Å²) in [5, 5.41) is 17.1. The number of hydrogen-bond acceptors (Lipinski definition) is 6. The highest BCUT2D eigenvalue weighted by Crippen LogP contribution is 2.35. The van der Waals surface area contributed by atoms with Crippen molar-refractivity contribution in [2.75, 3.05) is 18.4 Å². The van der Waals surface area contributed by atoms with Gasteiger partial charge in [0.25, 0.3) is 5.91 Å². The van der Waals surface area contributed by atoms with Crippen LogP contribution in [-0.4, -0.2) is 45.9 Å². The molecular formula is C22H25FN6O3. The molecule has 1 saturated heterocycles. The average molecular weight is 440 g/mol. The Morgan fingerprint density at radius 2 is 2.03 bits per heavy atom. The number of benzene rings is 1. The molecule has 32 heavy (non-hydrogen) atoms. The van der Waals surface area contributed by atoms with Gasteiger partial charge >= 0.3 is 6.09 Å². The van der Waals surface area contributed by atoms with Gasteiger partial charge in [0.05, 0.1) is 18.0 Å². The predicted molar refractivity (Wildman–Crippen MR) is 113 cm³/mol. The SMILES string of the molecule is CC(OC(=O)N1CC[C@H](C#N)[C@@H](n2cc(C(N)=O)c(Nc3ccc(F)cc3)n2)C1)C1CC1. The Kier molecular flexibility index (Phi) is 5.99. The van der Waals surface area contributed by atoms with Crippen LogP contribution in [0.15, 0.2) is 30.5 Å². The number of nitriles is 1. The molecule has 1 aromatic heterocycles. The Morgan fingerprint density at radius 3 is 2.66 bits per heavy atom. The lowest BCUT2D eigenvalue weighted by Crippen LogP contribution is -2.45. The van der Waals surface area contributed by atoms with E-state index in [1.807, 2.05) is 6.92 Å². The molecule has 2 heterocycles. The fourth-order valence-corrected chi connectivity index (χ4v) is 3.92. The van der Waals surface area contributed by atoms with E-state index in [4.69, 9.17) is 10.5 Å². The van der Waals surface area contributed by atoms with Crippen molar-refractivity contribution in [3.8, 4) is 6.07 Å². The molecule has 0 spiro atoms. The molecule has 1 aliphatic heterocycles. The Labute approximate surface area is 184 Å². The zero-order valence-corrected chi connectivity index (χ0v) is 17.7. The number of primary amides is 1. The monoisotopic (exact) mass is 440 g/mol. The maximum atomic E-state index is 13.2. The van der Waals surface area contributed by atoms with Crippen molar-refractivity contribution in [2.24, 2.45) is 17.6 Å². The third kappa shape index (κ3) is 4.66. The summed E-state index contributed by atoms with van der Waals surface area (Å²) in [4.78, 5) is 26.2. The number of halogens is 1. The molecule has 1 aromatic carbocycles. The summed E-state index contributed by atoms with van der Waals surface area (Å²) in [5.41, 5.74) is 6.18. The maximum Gasteiger partial charge on any atom is 0.410 e. The van der Waals surface area contributed by atoms with Crippen molar-refractivity contribution in [1.82, 2.24) is 14.7 Å². The molecular weight excluding hydrogens is 415 g/mol. The van der Waals surface area contributed by atoms with Gasteiger partial charge in [-0.1, -0.05) is 0 Å². The van der Waals surface area contributed by atoms with Crippen LogP contribution in [0.5, 0.6) is 0 Å². The molecule has 1 aliphatic carbocycles. The van der Waals surface area contributed by atoms with Crippen LogP contribution in [0, 0.1) is 29.0 Å². The maximum absolute atomic E-state index is 13.2. The topological polar surface area (TPSA) is 126 Å². The minimum absolute atomic E-state index is 0.132. The Bertz CT molecular complexity index is 1040. The molecule has 10 heteroatoms. The summed E-state index contributed by atoms with van der Waals surface area (Å²) < 4.78 is 20.3. The Balaban J connectivity index is 1.55. The van der Waals surface area contributed by atoms with E-state index in [9.17, 15) is 19.2 Å². The van der Waals surface area contributed by atoms with Gasteiger partial charge < -0.3 is 20.7 Å². The highest BCUT2D eigenvalue weighted by atomic mass is 19.1. The van der Waals surface area contributed by atoms with Gasteiger partial charge in [-0.15, -0.1) is 0 Å². The zero-order valence-electron chi connectivity index (χ0n) is 17.7. The van der Waals surface area contributed by atoms with Crippen molar-refractivity contribution in [2.45, 2.75) is 38.3 Å². The quantitative estimate of drug-likeness (QED) is 0.710. The van der Waals surface area contributed by atoms with Crippen LogP contribution in [0.2, 0.25) is 0 Å². The lowest BCUT2D eigenvalue weighted by molar-refractivity contribution is 0.0441. The lowest BCUT2D eigenvalue weighted by atomic mass is 9.93. The summed E-state index contributed by atoms with van der Waals surface area (Å²) in [6, 6.07) is 7.39. The van der Waals surface area contributed by atoms with E-state index >= 15 is 0 Å². The van der Waals surface area contributed by atoms with Crippen LogP contribution in [0.3, 0.4) is 0 Å². The minimum Gasteiger partial charge on any atom is -0.446 e. The summed E-state index contributed by atoms with van der Waals surface area (Å²) >= 11 is 0. The Morgan fingerprint density at radius 1 is 1.31 bits per heavy atom. The number of likely N-dealkylation sites (tertiary alicyclic amines) is 1. The first-order chi connectivity index (χ1) is 15.4. The number of amides is 2. The number of aromatic nitrogens is 2. The number of anilines is 2. The highest BCUT2D eigenvalue weighted by molar-refractivity contribution is 5.98. The summed E-state index contributed by atoms with van der Waals surface area (Å²) in [6.45, 7) is 2.54. The molecule has 3 atom stereocenters. The number of piperidine rings is 1. The van der Waals surface area contributed by atoms with Crippen molar-refractivity contribution in [3.05, 3.63) is 41.8 Å². The first-order valence-electron chi connectivity index (χ1n) is 10.6. The second kappa shape index (κ2) is 8.86. The number of ether oxygens (including phenoxy) is 1. The minimum atomic E-state index is -0.695. The molecule has 9 nitrogen and oxygen atoms in total. The summed E-state index contributed by atoms with van der Waals surface area (Å²) in [7, 11) is 0. The van der Waals surface area contributed by atoms with Crippen LogP contribution in [0.1, 0.15) is 42.6 Å². The van der Waals surface area contributed by atoms with Crippen molar-refractivity contribution in [3.63, 3.8) is 0 Å². The van der Waals surface area contributed by atoms with Gasteiger partial charge in [0.1, 0.15) is 17.5 Å². The lowest BCUT2D eigenvalue weighted by Gasteiger charge is -2.35. The van der Waals surface area contributed by atoms with E-state index < -0.39 is 29.8 Å². The highest BCUT2D eigenvalue weighted by Gasteiger charge is 2.37. The number of nitrogens with zero attached hydrogens (tertiary/aromatic N) is 4. The zero-order chi connectivity index (χ0) is 22.8. The van der Waals surface area contributed by atoms with E-state index in [1.165, 1.54) is 35.1 Å². The largest absolute Gasteiger partial charge is 0.446 e. The molecule has 2 aromatic rings. The van der Waals surface area contributed by atoms with Gasteiger partial charge in [-0.25, -0.2) is 9.18 Å². The normalized spacial score (nSPS) is 21.5. The van der Waals surface area contributed by atoms with Crippen molar-refractivity contribution in [1.29, 1.82) is 5.26 Å². The van der Waals surface area contributed by atoms with Gasteiger partial charge in [-0.3, -0.25) is 9.48 Å². The summed E-state index contributed by atoms with van der Waals surface area (Å²) in [6.07, 6.45) is 3.54. The molecule has 1 saturated carbocycles. The van der Waals surface area contributed by atoms with Crippen LogP contribution >= 0.6 is 0 Å². The third-order valence-corrected chi connectivity index (χ3v) is 6.02. The number of carbonyl (C=O) groups excluding carboxylic acids is 2. The number of rotatable bonds is 6. The van der Waals surface area contributed by atoms with Gasteiger partial charge in [-0.2, -0.15) is 10.4 Å². The summed E-state index contributed by atoms with van der Waals surface area (Å²) in [5.74, 6) is -0.865. The fourth-order valence-electron chi connectivity index (χ4n) is 3.92. The van der Waals surface area contributed by atoms with E-state index in [-0.39, 0.29) is 24.0 Å². The molecule has 4 rings (SSSR count). The van der Waals surface area contributed by atoms with Gasteiger partial charge in [0.15, 0.2) is 5.82 Å². The molecule has 0 radical (unpaired) electrons. The van der Waals surface area contributed by atoms with E-state index in [2.05, 4.69) is 16.5 Å². The van der Waals surface area contributed by atoms with Crippen LogP contribution in [0.25, 0.3) is 0 Å². The second-order valence-electron chi connectivity index (χ2n) is 8.33. The number of hydrogen-bond donors (Lipinski definition) is 2. The van der Waals surface area contributed by atoms with Crippen molar-refractivity contribution < 1.29 is 18.7 Å². The van der Waals surface area contributed by atoms with Gasteiger partial charge in [0, 0.05) is 25.0 Å². The molecule has 2 fully saturated rings. The van der Waals surface area contributed by atoms with Gasteiger partial charge in [-0.05, 0) is 56.4 Å². The molecule has 3 N–H and O–H groups in total. The smallest absolute Gasteiger partial charge is 0.410 e. The molecule has 1 unspecified atom stereocenters. The number of nitrogens with two attached hydrogens (primary N) is 1. The second-order valence-corrected chi connectivity index (χ2v) is 8.33. The third-order valence-electron chi connectivity index (χ3n) is 6.02. The van der Waals surface area contributed by atoms with Crippen LogP contribution < -0.4 is 11.1 Å². The van der Waals surface area contributed by atoms with Crippen molar-refractivity contribution >= 4 is 23.5 Å². The molecule has 0 bridgehead atoms. The molecule has 168 valence electrons. The fraction of sp³-hybridized carbons (Fsp3) is 0.455. The first kappa shape index (κ1) is 21.6. The Hall–Kier alpha value is -3.61. The van der Waals surface area contributed by atoms with E-state index in [1.54, 1.807) is 4.90 Å². The predicted octanol–water partition coefficient (Wildman–Crippen LogP) is 3.19. The molecule has 2 amide bonds. The average Bonchev–Trinajstić information content (AvgIpc) is 3.55. The standard InChI is InChI=1S/C22H25FN6O3/c1-13(14-2-3-14)32-22(31)28-9-8-15(10-24)19(12-28)29-11-18(20(25)30)21(27-29)26-17-6-4-16(23)5-7-17/h4-7,11,13-15,19H,2-3,8-9,12H2,1H3,(H2,25,30)(H,26,27)/t13?,15-,19+/m1/s1. The number of carbonyl (C=O) groups is 2. The first-order valence-corrected chi connectivity index (χ1v) is 10.6. The van der Waals surface area contributed by atoms with E-state index in [0.29, 0.717) is 24.6 Å².